The smallest absolute Gasteiger partial charge is 0.373 e. The van der Waals surface area contributed by atoms with Gasteiger partial charge in [-0.2, -0.15) is 0 Å². The van der Waals surface area contributed by atoms with Crippen molar-refractivity contribution in [3.63, 3.8) is 0 Å². The van der Waals surface area contributed by atoms with Crippen molar-refractivity contribution in [2.75, 3.05) is 0 Å². The van der Waals surface area contributed by atoms with E-state index in [0.29, 0.717) is 17.7 Å². The van der Waals surface area contributed by atoms with Crippen LogP contribution in [-0.4, -0.2) is 16.1 Å². The molecule has 6 heteroatoms. The van der Waals surface area contributed by atoms with Gasteiger partial charge in [0.05, 0.1) is 15.7 Å². The Labute approximate surface area is 117 Å². The molecule has 2 rings (SSSR count). The van der Waals surface area contributed by atoms with Crippen LogP contribution in [0.2, 0.25) is 0 Å². The van der Waals surface area contributed by atoms with Gasteiger partial charge in [0.1, 0.15) is 5.82 Å². The number of oxazole rings is 1. The van der Waals surface area contributed by atoms with Crippen LogP contribution in [0, 0.1) is 5.82 Å². The van der Waals surface area contributed by atoms with Crippen molar-refractivity contribution in [3.05, 3.63) is 39.9 Å². The van der Waals surface area contributed by atoms with Crippen LogP contribution in [0.4, 0.5) is 4.39 Å². The molecule has 1 heterocycles. The lowest BCUT2D eigenvalue weighted by Gasteiger charge is -1.99. The van der Waals surface area contributed by atoms with Gasteiger partial charge in [0, 0.05) is 0 Å². The summed E-state index contributed by atoms with van der Waals surface area (Å²) in [6.45, 7) is 1.91. The van der Waals surface area contributed by atoms with Crippen molar-refractivity contribution in [2.45, 2.75) is 19.8 Å². The number of carboxylic acid groups (broad SMARTS) is 1. The van der Waals surface area contributed by atoms with Crippen LogP contribution in [0.5, 0.6) is 0 Å². The highest BCUT2D eigenvalue weighted by atomic mass is 79.9. The average Bonchev–Trinajstić information content (AvgIpc) is 2.77. The summed E-state index contributed by atoms with van der Waals surface area (Å²) >= 11 is 3.10. The Morgan fingerprint density at radius 1 is 1.53 bits per heavy atom. The molecule has 0 aliphatic rings. The van der Waals surface area contributed by atoms with E-state index in [-0.39, 0.29) is 16.1 Å². The lowest BCUT2D eigenvalue weighted by atomic mass is 10.2. The molecule has 1 aromatic carbocycles. The maximum Gasteiger partial charge on any atom is 0.373 e. The number of benzene rings is 1. The standard InChI is InChI=1S/C13H11BrFNO3/c1-2-4-9-11(13(17)18)19-12(16-9)7-5-3-6-8(15)10(7)14/h3,5-6H,2,4H2,1H3,(H,17,18). The van der Waals surface area contributed by atoms with Gasteiger partial charge in [-0.25, -0.2) is 14.2 Å². The summed E-state index contributed by atoms with van der Waals surface area (Å²) in [6.07, 6.45) is 1.24. The highest BCUT2D eigenvalue weighted by molar-refractivity contribution is 9.10. The van der Waals surface area contributed by atoms with Crippen molar-refractivity contribution in [1.29, 1.82) is 0 Å². The molecule has 0 fully saturated rings. The maximum absolute atomic E-state index is 13.4. The van der Waals surface area contributed by atoms with Crippen LogP contribution in [0.15, 0.2) is 27.1 Å². The number of nitrogens with zero attached hydrogens (tertiary/aromatic N) is 1. The summed E-state index contributed by atoms with van der Waals surface area (Å²) in [5, 5.41) is 9.06. The van der Waals surface area contributed by atoms with Crippen molar-refractivity contribution in [2.24, 2.45) is 0 Å². The summed E-state index contributed by atoms with van der Waals surface area (Å²) in [5.74, 6) is -1.71. The molecule has 0 radical (unpaired) electrons. The molecule has 0 atom stereocenters. The summed E-state index contributed by atoms with van der Waals surface area (Å²) in [5.41, 5.74) is 0.769. The van der Waals surface area contributed by atoms with Gasteiger partial charge < -0.3 is 9.52 Å². The first-order chi connectivity index (χ1) is 9.04. The van der Waals surface area contributed by atoms with Crippen molar-refractivity contribution in [1.82, 2.24) is 4.98 Å². The first-order valence-electron chi connectivity index (χ1n) is 5.72. The van der Waals surface area contributed by atoms with Crippen LogP contribution in [0.1, 0.15) is 29.6 Å². The van der Waals surface area contributed by atoms with Crippen molar-refractivity contribution < 1.29 is 18.7 Å². The monoisotopic (exact) mass is 327 g/mol. The summed E-state index contributed by atoms with van der Waals surface area (Å²) in [4.78, 5) is 15.2. The molecular weight excluding hydrogens is 317 g/mol. The zero-order chi connectivity index (χ0) is 14.0. The van der Waals surface area contributed by atoms with Gasteiger partial charge in [-0.3, -0.25) is 0 Å². The Morgan fingerprint density at radius 2 is 2.26 bits per heavy atom. The van der Waals surface area contributed by atoms with Crippen LogP contribution in [0.3, 0.4) is 0 Å². The quantitative estimate of drug-likeness (QED) is 0.925. The largest absolute Gasteiger partial charge is 0.475 e. The number of hydrogen-bond donors (Lipinski definition) is 1. The molecule has 0 spiro atoms. The fourth-order valence-corrected chi connectivity index (χ4v) is 2.14. The third kappa shape index (κ3) is 2.68. The second-order valence-corrected chi connectivity index (χ2v) is 4.74. The number of aromatic nitrogens is 1. The van der Waals surface area contributed by atoms with Crippen molar-refractivity contribution in [3.8, 4) is 11.5 Å². The number of aromatic carboxylic acids is 1. The van der Waals surface area contributed by atoms with E-state index in [1.54, 1.807) is 6.07 Å². The van der Waals surface area contributed by atoms with Gasteiger partial charge in [0.15, 0.2) is 0 Å². The Kier molecular flexibility index (Phi) is 3.99. The van der Waals surface area contributed by atoms with Gasteiger partial charge in [-0.05, 0) is 34.5 Å². The first-order valence-corrected chi connectivity index (χ1v) is 6.51. The molecule has 0 saturated carbocycles. The molecule has 19 heavy (non-hydrogen) atoms. The lowest BCUT2D eigenvalue weighted by molar-refractivity contribution is 0.0661. The fraction of sp³-hybridized carbons (Fsp3) is 0.231. The fourth-order valence-electron chi connectivity index (χ4n) is 1.71. The topological polar surface area (TPSA) is 63.3 Å². The zero-order valence-corrected chi connectivity index (χ0v) is 11.7. The number of hydrogen-bond acceptors (Lipinski definition) is 3. The minimum Gasteiger partial charge on any atom is -0.475 e. The summed E-state index contributed by atoms with van der Waals surface area (Å²) in [6, 6.07) is 4.42. The van der Waals surface area contributed by atoms with Crippen molar-refractivity contribution >= 4 is 21.9 Å². The molecule has 0 bridgehead atoms. The van der Waals surface area contributed by atoms with Crippen LogP contribution in [0.25, 0.3) is 11.5 Å². The molecule has 0 saturated heterocycles. The highest BCUT2D eigenvalue weighted by Crippen LogP contribution is 2.31. The molecule has 4 nitrogen and oxygen atoms in total. The molecule has 1 N–H and O–H groups in total. The second-order valence-electron chi connectivity index (χ2n) is 3.95. The number of aryl methyl sites for hydroxylation is 1. The minimum atomic E-state index is -1.17. The van der Waals surface area contributed by atoms with E-state index >= 15 is 0 Å². The van der Waals surface area contributed by atoms with Gasteiger partial charge in [-0.15, -0.1) is 0 Å². The summed E-state index contributed by atoms with van der Waals surface area (Å²) < 4.78 is 18.9. The van der Waals surface area contributed by atoms with Gasteiger partial charge in [0.2, 0.25) is 11.7 Å². The van der Waals surface area contributed by atoms with Crippen LogP contribution < -0.4 is 0 Å². The molecule has 0 aliphatic heterocycles. The maximum atomic E-state index is 13.4. The predicted molar refractivity (Wildman–Crippen MR) is 70.6 cm³/mol. The molecule has 0 amide bonds. The third-order valence-electron chi connectivity index (χ3n) is 2.56. The van der Waals surface area contributed by atoms with Gasteiger partial charge in [-0.1, -0.05) is 19.4 Å². The number of rotatable bonds is 4. The van der Waals surface area contributed by atoms with E-state index in [1.165, 1.54) is 12.1 Å². The molecule has 0 aliphatic carbocycles. The average molecular weight is 328 g/mol. The van der Waals surface area contributed by atoms with Crippen LogP contribution >= 0.6 is 15.9 Å². The molecule has 2 aromatic rings. The van der Waals surface area contributed by atoms with E-state index in [9.17, 15) is 9.18 Å². The SMILES string of the molecule is CCCc1nc(-c2cccc(F)c2Br)oc1C(=O)O. The minimum absolute atomic E-state index is 0.104. The second kappa shape index (κ2) is 5.52. The Bertz CT molecular complexity index is 624. The highest BCUT2D eigenvalue weighted by Gasteiger charge is 2.21. The molecular formula is C13H11BrFNO3. The van der Waals surface area contributed by atoms with Crippen LogP contribution in [-0.2, 0) is 6.42 Å². The number of halogens is 2. The Hall–Kier alpha value is -1.69. The van der Waals surface area contributed by atoms with E-state index in [0.717, 1.165) is 6.42 Å². The molecule has 100 valence electrons. The summed E-state index contributed by atoms with van der Waals surface area (Å²) in [7, 11) is 0. The van der Waals surface area contributed by atoms with E-state index in [4.69, 9.17) is 9.52 Å². The van der Waals surface area contributed by atoms with Gasteiger partial charge in [0.25, 0.3) is 0 Å². The van der Waals surface area contributed by atoms with E-state index < -0.39 is 11.8 Å². The third-order valence-corrected chi connectivity index (χ3v) is 3.37. The van der Waals surface area contributed by atoms with Gasteiger partial charge >= 0.3 is 5.97 Å². The predicted octanol–water partition coefficient (Wildman–Crippen LogP) is 3.89. The zero-order valence-electron chi connectivity index (χ0n) is 10.1. The number of carbonyl (C=O) groups is 1. The number of carboxylic acids is 1. The molecule has 1 aromatic heterocycles. The molecule has 0 unspecified atom stereocenters. The van der Waals surface area contributed by atoms with E-state index in [2.05, 4.69) is 20.9 Å². The normalized spacial score (nSPS) is 10.7. The van der Waals surface area contributed by atoms with E-state index in [1.807, 2.05) is 6.92 Å². The Morgan fingerprint density at radius 3 is 2.89 bits per heavy atom. The lowest BCUT2D eigenvalue weighted by Crippen LogP contribution is -1.99. The first kappa shape index (κ1) is 13.7. The Balaban J connectivity index is 2.54.